The second-order valence-corrected chi connectivity index (χ2v) is 7.40. The van der Waals surface area contributed by atoms with Gasteiger partial charge in [0.1, 0.15) is 11.4 Å². The number of hydrogen-bond donors (Lipinski definition) is 1. The van der Waals surface area contributed by atoms with Crippen LogP contribution in [-0.4, -0.2) is 27.6 Å². The minimum absolute atomic E-state index is 0.257. The molecule has 0 saturated carbocycles. The third-order valence-electron chi connectivity index (χ3n) is 5.02. The molecule has 0 spiro atoms. The second-order valence-electron chi connectivity index (χ2n) is 7.40. The fraction of sp³-hybridized carbons (Fsp3) is 0.160. The molecule has 1 N–H and O–H groups in total. The molecule has 0 aliphatic heterocycles. The van der Waals surface area contributed by atoms with E-state index in [1.807, 2.05) is 29.8 Å². The van der Waals surface area contributed by atoms with Gasteiger partial charge in [0.25, 0.3) is 5.91 Å². The molecule has 2 aromatic heterocycles. The van der Waals surface area contributed by atoms with Gasteiger partial charge in [-0.15, -0.1) is 0 Å². The Morgan fingerprint density at radius 3 is 2.55 bits per heavy atom. The Kier molecular flexibility index (Phi) is 5.80. The van der Waals surface area contributed by atoms with E-state index in [0.717, 1.165) is 28.1 Å². The van der Waals surface area contributed by atoms with E-state index in [1.54, 1.807) is 18.5 Å². The van der Waals surface area contributed by atoms with Crippen LogP contribution in [0.1, 0.15) is 27.3 Å². The average molecular weight is 412 g/mol. The number of aryl methyl sites for hydroxylation is 2. The van der Waals surface area contributed by atoms with Crippen LogP contribution in [0.3, 0.4) is 0 Å². The van der Waals surface area contributed by atoms with E-state index >= 15 is 0 Å². The molecular weight excluding hydrogens is 388 g/mol. The van der Waals surface area contributed by atoms with Gasteiger partial charge in [-0.1, -0.05) is 48.0 Å². The largest absolute Gasteiger partial charge is 0.479 e. The summed E-state index contributed by atoms with van der Waals surface area (Å²) in [5.74, 6) is 0.110. The van der Waals surface area contributed by atoms with Crippen LogP contribution >= 0.6 is 0 Å². The second kappa shape index (κ2) is 8.83. The lowest BCUT2D eigenvalue weighted by Crippen LogP contribution is -2.24. The number of carbonyl (C=O) groups is 1. The molecule has 2 aromatic carbocycles. The van der Waals surface area contributed by atoms with Crippen molar-refractivity contribution in [2.45, 2.75) is 20.4 Å². The standard InChI is InChI=1S/C25H24N4O2/c1-17-7-9-20(10-8-17)21-6-4-5-19(13-21)14-26-24(30)22-11-12-23(25(28-22)31-3)29-15-18(2)27-16-29/h4-13,15-16H,14H2,1-3H3,(H,26,30). The van der Waals surface area contributed by atoms with Crippen molar-refractivity contribution in [1.29, 1.82) is 0 Å². The number of ether oxygens (including phenoxy) is 1. The molecule has 0 saturated heterocycles. The maximum absolute atomic E-state index is 12.7. The highest BCUT2D eigenvalue weighted by Gasteiger charge is 2.13. The molecule has 4 aromatic rings. The molecule has 0 fully saturated rings. The zero-order valence-electron chi connectivity index (χ0n) is 17.8. The van der Waals surface area contributed by atoms with Gasteiger partial charge in [0, 0.05) is 12.7 Å². The summed E-state index contributed by atoms with van der Waals surface area (Å²) in [7, 11) is 1.54. The van der Waals surface area contributed by atoms with Gasteiger partial charge in [-0.3, -0.25) is 4.79 Å². The number of carbonyl (C=O) groups excluding carboxylic acids is 1. The first-order chi connectivity index (χ1) is 15.0. The number of nitrogens with zero attached hydrogens (tertiary/aromatic N) is 3. The third kappa shape index (κ3) is 4.64. The SMILES string of the molecule is COc1nc(C(=O)NCc2cccc(-c3ccc(C)cc3)c2)ccc1-n1cnc(C)c1. The summed E-state index contributed by atoms with van der Waals surface area (Å²) in [5, 5.41) is 2.94. The van der Waals surface area contributed by atoms with Crippen LogP contribution in [-0.2, 0) is 6.54 Å². The van der Waals surface area contributed by atoms with E-state index in [2.05, 4.69) is 58.6 Å². The monoisotopic (exact) mass is 412 g/mol. The van der Waals surface area contributed by atoms with Crippen molar-refractivity contribution in [3.63, 3.8) is 0 Å². The van der Waals surface area contributed by atoms with Crippen molar-refractivity contribution >= 4 is 5.91 Å². The molecule has 1 amide bonds. The maximum Gasteiger partial charge on any atom is 0.270 e. The molecule has 2 heterocycles. The number of hydrogen-bond acceptors (Lipinski definition) is 4. The fourth-order valence-electron chi connectivity index (χ4n) is 3.34. The van der Waals surface area contributed by atoms with Crippen molar-refractivity contribution in [2.75, 3.05) is 7.11 Å². The topological polar surface area (TPSA) is 69.0 Å². The normalized spacial score (nSPS) is 10.7. The Bertz CT molecular complexity index is 1210. The van der Waals surface area contributed by atoms with Gasteiger partial charge in [0.2, 0.25) is 5.88 Å². The van der Waals surface area contributed by atoms with Gasteiger partial charge in [-0.05, 0) is 48.7 Å². The summed E-state index contributed by atoms with van der Waals surface area (Å²) in [6.45, 7) is 4.39. The zero-order valence-corrected chi connectivity index (χ0v) is 17.8. The molecule has 0 bridgehead atoms. The summed E-state index contributed by atoms with van der Waals surface area (Å²) in [6.07, 6.45) is 3.57. The maximum atomic E-state index is 12.7. The average Bonchev–Trinajstić information content (AvgIpc) is 3.23. The van der Waals surface area contributed by atoms with E-state index in [9.17, 15) is 4.79 Å². The molecule has 0 aliphatic rings. The first-order valence-electron chi connectivity index (χ1n) is 10.0. The highest BCUT2D eigenvalue weighted by molar-refractivity contribution is 5.92. The third-order valence-corrected chi connectivity index (χ3v) is 5.02. The van der Waals surface area contributed by atoms with Gasteiger partial charge in [-0.2, -0.15) is 0 Å². The van der Waals surface area contributed by atoms with Crippen LogP contribution in [0.2, 0.25) is 0 Å². The summed E-state index contributed by atoms with van der Waals surface area (Å²) in [4.78, 5) is 21.3. The number of aromatic nitrogens is 3. The Morgan fingerprint density at radius 2 is 1.84 bits per heavy atom. The van der Waals surface area contributed by atoms with Crippen LogP contribution in [0, 0.1) is 13.8 Å². The van der Waals surface area contributed by atoms with Gasteiger partial charge in [0.05, 0.1) is 19.1 Å². The predicted molar refractivity (Wildman–Crippen MR) is 120 cm³/mol. The lowest BCUT2D eigenvalue weighted by molar-refractivity contribution is 0.0945. The van der Waals surface area contributed by atoms with Crippen molar-refractivity contribution < 1.29 is 9.53 Å². The Labute approximate surface area is 181 Å². The minimum atomic E-state index is -0.257. The van der Waals surface area contributed by atoms with Crippen molar-refractivity contribution in [3.8, 4) is 22.7 Å². The predicted octanol–water partition coefficient (Wildman–Crippen LogP) is 4.49. The quantitative estimate of drug-likeness (QED) is 0.507. The molecule has 0 unspecified atom stereocenters. The lowest BCUT2D eigenvalue weighted by atomic mass is 10.0. The number of imidazole rings is 1. The first-order valence-corrected chi connectivity index (χ1v) is 10.0. The summed E-state index contributed by atoms with van der Waals surface area (Å²) in [5.41, 5.74) is 6.42. The lowest BCUT2D eigenvalue weighted by Gasteiger charge is -2.11. The van der Waals surface area contributed by atoms with Crippen molar-refractivity contribution in [2.24, 2.45) is 0 Å². The number of benzene rings is 2. The number of nitrogens with one attached hydrogen (secondary N) is 1. The van der Waals surface area contributed by atoms with E-state index in [0.29, 0.717) is 18.1 Å². The number of pyridine rings is 1. The highest BCUT2D eigenvalue weighted by atomic mass is 16.5. The summed E-state index contributed by atoms with van der Waals surface area (Å²) >= 11 is 0. The summed E-state index contributed by atoms with van der Waals surface area (Å²) < 4.78 is 7.21. The van der Waals surface area contributed by atoms with Gasteiger partial charge in [0.15, 0.2) is 0 Å². The number of rotatable bonds is 6. The van der Waals surface area contributed by atoms with Crippen LogP contribution < -0.4 is 10.1 Å². The van der Waals surface area contributed by atoms with Gasteiger partial charge in [-0.25, -0.2) is 9.97 Å². The number of amides is 1. The van der Waals surface area contributed by atoms with Crippen LogP contribution in [0.4, 0.5) is 0 Å². The zero-order chi connectivity index (χ0) is 21.8. The van der Waals surface area contributed by atoms with Crippen LogP contribution in [0.15, 0.2) is 73.2 Å². The number of methoxy groups -OCH3 is 1. The molecule has 0 aliphatic carbocycles. The molecule has 31 heavy (non-hydrogen) atoms. The van der Waals surface area contributed by atoms with Crippen LogP contribution in [0.5, 0.6) is 5.88 Å². The van der Waals surface area contributed by atoms with E-state index in [1.165, 1.54) is 12.7 Å². The smallest absolute Gasteiger partial charge is 0.270 e. The Hall–Kier alpha value is -3.93. The molecule has 4 rings (SSSR count). The highest BCUT2D eigenvalue weighted by Crippen LogP contribution is 2.22. The van der Waals surface area contributed by atoms with E-state index < -0.39 is 0 Å². The Balaban J connectivity index is 1.48. The summed E-state index contributed by atoms with van der Waals surface area (Å²) in [6, 6.07) is 20.0. The molecule has 156 valence electrons. The fourth-order valence-corrected chi connectivity index (χ4v) is 3.34. The van der Waals surface area contributed by atoms with Crippen LogP contribution in [0.25, 0.3) is 16.8 Å². The van der Waals surface area contributed by atoms with Crippen molar-refractivity contribution in [1.82, 2.24) is 19.9 Å². The molecular formula is C25H24N4O2. The molecule has 6 heteroatoms. The first kappa shape index (κ1) is 20.3. The van der Waals surface area contributed by atoms with Gasteiger partial charge >= 0.3 is 0 Å². The molecule has 0 radical (unpaired) electrons. The Morgan fingerprint density at radius 1 is 1.03 bits per heavy atom. The minimum Gasteiger partial charge on any atom is -0.479 e. The molecule has 6 nitrogen and oxygen atoms in total. The van der Waals surface area contributed by atoms with E-state index in [4.69, 9.17) is 4.74 Å². The molecule has 0 atom stereocenters. The van der Waals surface area contributed by atoms with E-state index in [-0.39, 0.29) is 5.91 Å². The van der Waals surface area contributed by atoms with Gasteiger partial charge < -0.3 is 14.6 Å². The van der Waals surface area contributed by atoms with Crippen molar-refractivity contribution in [3.05, 3.63) is 95.7 Å².